The first-order chi connectivity index (χ1) is 18.2. The minimum Gasteiger partial charge on any atom is -0.504 e. The molecule has 4 aromatic rings. The molecule has 0 saturated heterocycles. The van der Waals surface area contributed by atoms with Crippen molar-refractivity contribution in [3.05, 3.63) is 105 Å². The average Bonchev–Trinajstić information content (AvgIpc) is 3.41. The topological polar surface area (TPSA) is 100 Å². The van der Waals surface area contributed by atoms with Crippen LogP contribution in [0.1, 0.15) is 45.8 Å². The average molecular weight is 532 g/mol. The molecule has 0 fully saturated rings. The first kappa shape index (κ1) is 25.4. The molecule has 0 spiro atoms. The zero-order chi connectivity index (χ0) is 27.1. The number of phenols is 1. The van der Waals surface area contributed by atoms with E-state index in [0.29, 0.717) is 28.2 Å². The van der Waals surface area contributed by atoms with E-state index in [1.54, 1.807) is 43.3 Å². The predicted octanol–water partition coefficient (Wildman–Crippen LogP) is 6.59. The number of aliphatic hydroxyl groups is 1. The number of phenolic OH excluding ortho intramolecular Hbond substituents is 1. The van der Waals surface area contributed by atoms with E-state index in [1.165, 1.54) is 11.0 Å². The van der Waals surface area contributed by atoms with Gasteiger partial charge in [-0.25, -0.2) is 0 Å². The van der Waals surface area contributed by atoms with Crippen molar-refractivity contribution in [1.29, 1.82) is 0 Å². The Morgan fingerprint density at radius 2 is 1.84 bits per heavy atom. The van der Waals surface area contributed by atoms with Gasteiger partial charge in [-0.1, -0.05) is 41.4 Å². The van der Waals surface area contributed by atoms with E-state index in [2.05, 4.69) is 0 Å². The summed E-state index contributed by atoms with van der Waals surface area (Å²) in [7, 11) is 0. The molecular weight excluding hydrogens is 506 g/mol. The van der Waals surface area contributed by atoms with Crippen LogP contribution in [0.2, 0.25) is 5.02 Å². The number of hydrogen-bond donors (Lipinski definition) is 2. The van der Waals surface area contributed by atoms with Crippen molar-refractivity contribution in [3.8, 4) is 11.5 Å². The number of benzene rings is 3. The lowest BCUT2D eigenvalue weighted by Crippen LogP contribution is -2.31. The summed E-state index contributed by atoms with van der Waals surface area (Å²) in [5.74, 6) is -1.84. The van der Waals surface area contributed by atoms with Gasteiger partial charge in [0.25, 0.3) is 5.91 Å². The first-order valence-electron chi connectivity index (χ1n) is 12.2. The van der Waals surface area contributed by atoms with Gasteiger partial charge in [0.1, 0.15) is 5.58 Å². The molecule has 1 aliphatic rings. The first-order valence-corrected chi connectivity index (χ1v) is 12.6. The van der Waals surface area contributed by atoms with Crippen molar-refractivity contribution in [3.63, 3.8) is 0 Å². The smallest absolute Gasteiger partial charge is 0.290 e. The Balaban J connectivity index is 1.64. The summed E-state index contributed by atoms with van der Waals surface area (Å²) < 4.78 is 11.3. The van der Waals surface area contributed by atoms with E-state index in [4.69, 9.17) is 20.8 Å². The molecule has 0 radical (unpaired) electrons. The third kappa shape index (κ3) is 4.50. The predicted molar refractivity (Wildman–Crippen MR) is 144 cm³/mol. The summed E-state index contributed by atoms with van der Waals surface area (Å²) in [5.41, 5.74) is 3.71. The number of aliphatic hydroxyl groups excluding tert-OH is 1. The fourth-order valence-corrected chi connectivity index (χ4v) is 4.96. The van der Waals surface area contributed by atoms with Crippen molar-refractivity contribution in [2.24, 2.45) is 0 Å². The molecule has 1 aromatic heterocycles. The van der Waals surface area contributed by atoms with Crippen LogP contribution in [0.25, 0.3) is 11.0 Å². The van der Waals surface area contributed by atoms with Crippen LogP contribution in [0.4, 0.5) is 0 Å². The Morgan fingerprint density at radius 3 is 2.61 bits per heavy atom. The van der Waals surface area contributed by atoms with Crippen molar-refractivity contribution < 1.29 is 29.0 Å². The molecule has 0 aliphatic carbocycles. The normalized spacial score (nSPS) is 15.5. The molecule has 194 valence electrons. The highest BCUT2D eigenvalue weighted by molar-refractivity contribution is 6.31. The zero-order valence-corrected chi connectivity index (χ0v) is 21.9. The molecule has 38 heavy (non-hydrogen) atoms. The zero-order valence-electron chi connectivity index (χ0n) is 21.1. The molecule has 1 unspecified atom stereocenters. The van der Waals surface area contributed by atoms with Crippen molar-refractivity contribution in [1.82, 2.24) is 4.90 Å². The summed E-state index contributed by atoms with van der Waals surface area (Å²) in [4.78, 5) is 28.8. The van der Waals surface area contributed by atoms with E-state index < -0.39 is 23.5 Å². The number of amides is 1. The molecule has 2 N–H and O–H groups in total. The SMILES string of the molecule is CCOc1cc(C2C(C(=O)c3cc4cc(Cl)ccc4o3)=C(O)C(=O)N2Cc2cc(C)ccc2C)ccc1O. The van der Waals surface area contributed by atoms with Crippen LogP contribution in [0.5, 0.6) is 11.5 Å². The molecule has 1 aliphatic heterocycles. The van der Waals surface area contributed by atoms with E-state index in [9.17, 15) is 19.8 Å². The number of furan rings is 1. The number of aromatic hydroxyl groups is 1. The highest BCUT2D eigenvalue weighted by Crippen LogP contribution is 2.43. The van der Waals surface area contributed by atoms with Gasteiger partial charge in [-0.15, -0.1) is 0 Å². The third-order valence-electron chi connectivity index (χ3n) is 6.70. The van der Waals surface area contributed by atoms with Crippen LogP contribution < -0.4 is 4.74 Å². The molecule has 2 heterocycles. The molecule has 8 heteroatoms. The van der Waals surface area contributed by atoms with Crippen LogP contribution in [0.15, 0.2) is 76.4 Å². The van der Waals surface area contributed by atoms with Crippen molar-refractivity contribution >= 4 is 34.3 Å². The number of fused-ring (bicyclic) bond motifs is 1. The van der Waals surface area contributed by atoms with Crippen LogP contribution in [0, 0.1) is 13.8 Å². The maximum Gasteiger partial charge on any atom is 0.290 e. The number of rotatable bonds is 7. The fraction of sp³-hybridized carbons (Fsp3) is 0.200. The van der Waals surface area contributed by atoms with Crippen LogP contribution >= 0.6 is 11.6 Å². The number of hydrogen-bond acceptors (Lipinski definition) is 6. The van der Waals surface area contributed by atoms with Gasteiger partial charge in [0, 0.05) is 17.0 Å². The minimum absolute atomic E-state index is 0.0287. The van der Waals surface area contributed by atoms with Crippen molar-refractivity contribution in [2.75, 3.05) is 6.61 Å². The van der Waals surface area contributed by atoms with E-state index in [-0.39, 0.29) is 29.4 Å². The number of nitrogens with zero attached hydrogens (tertiary/aromatic N) is 1. The van der Waals surface area contributed by atoms with Crippen LogP contribution in [0.3, 0.4) is 0 Å². The highest BCUT2D eigenvalue weighted by Gasteiger charge is 2.45. The van der Waals surface area contributed by atoms with E-state index in [1.807, 2.05) is 32.0 Å². The monoisotopic (exact) mass is 531 g/mol. The Hall–Kier alpha value is -4.23. The Labute approximate surface area is 224 Å². The van der Waals surface area contributed by atoms with Crippen LogP contribution in [-0.2, 0) is 11.3 Å². The molecular formula is C30H26ClNO6. The summed E-state index contributed by atoms with van der Waals surface area (Å²) >= 11 is 6.09. The summed E-state index contributed by atoms with van der Waals surface area (Å²) in [5, 5.41) is 22.5. The second kappa shape index (κ2) is 9.91. The molecule has 7 nitrogen and oxygen atoms in total. The molecule has 1 atom stereocenters. The quantitative estimate of drug-likeness (QED) is 0.261. The number of carbonyl (C=O) groups excluding carboxylic acids is 2. The lowest BCUT2D eigenvalue weighted by molar-refractivity contribution is -0.130. The Bertz CT molecular complexity index is 1620. The maximum atomic E-state index is 13.8. The summed E-state index contributed by atoms with van der Waals surface area (Å²) in [6.07, 6.45) is 0. The second-order valence-corrected chi connectivity index (χ2v) is 9.75. The number of halogens is 1. The van der Waals surface area contributed by atoms with E-state index in [0.717, 1.165) is 16.7 Å². The van der Waals surface area contributed by atoms with Gasteiger partial charge in [0.15, 0.2) is 23.0 Å². The van der Waals surface area contributed by atoms with Gasteiger partial charge in [-0.3, -0.25) is 9.59 Å². The van der Waals surface area contributed by atoms with Crippen molar-refractivity contribution in [2.45, 2.75) is 33.4 Å². The molecule has 0 bridgehead atoms. The van der Waals surface area contributed by atoms with Gasteiger partial charge in [-0.2, -0.15) is 0 Å². The lowest BCUT2D eigenvalue weighted by Gasteiger charge is -2.28. The van der Waals surface area contributed by atoms with Gasteiger partial charge >= 0.3 is 0 Å². The molecule has 5 rings (SSSR count). The lowest BCUT2D eigenvalue weighted by atomic mass is 9.94. The molecule has 1 amide bonds. The second-order valence-electron chi connectivity index (χ2n) is 9.31. The minimum atomic E-state index is -0.952. The summed E-state index contributed by atoms with van der Waals surface area (Å²) in [6.45, 7) is 6.14. The number of ketones is 1. The third-order valence-corrected chi connectivity index (χ3v) is 6.93. The largest absolute Gasteiger partial charge is 0.504 e. The van der Waals surface area contributed by atoms with Gasteiger partial charge in [0.2, 0.25) is 5.78 Å². The van der Waals surface area contributed by atoms with Gasteiger partial charge < -0.3 is 24.3 Å². The summed E-state index contributed by atoms with van der Waals surface area (Å²) in [6, 6.07) is 16.1. The Morgan fingerprint density at radius 1 is 1.05 bits per heavy atom. The Kier molecular flexibility index (Phi) is 6.63. The number of aryl methyl sites for hydroxylation is 2. The van der Waals surface area contributed by atoms with Gasteiger partial charge in [0.05, 0.1) is 18.2 Å². The standard InChI is InChI=1S/C30H26ClNO6/c1-4-37-24-13-18(7-9-22(24)33)27-26(28(34)25-14-19-12-21(31)8-10-23(19)38-25)29(35)30(36)32(27)15-20-11-16(2)5-6-17(20)3/h5-14,27,33,35H,4,15H2,1-3H3. The number of Topliss-reactive ketones (excluding diaryl/α,β-unsaturated/α-hetero) is 1. The van der Waals surface area contributed by atoms with Crippen LogP contribution in [-0.4, -0.2) is 33.4 Å². The fourth-order valence-electron chi connectivity index (χ4n) is 4.78. The molecule has 0 saturated carbocycles. The number of ether oxygens (including phenoxy) is 1. The number of carbonyl (C=O) groups is 2. The maximum absolute atomic E-state index is 13.8. The molecule has 3 aromatic carbocycles. The van der Waals surface area contributed by atoms with Gasteiger partial charge in [-0.05, 0) is 73.9 Å². The van der Waals surface area contributed by atoms with E-state index >= 15 is 0 Å². The highest BCUT2D eigenvalue weighted by atomic mass is 35.5.